The first-order valence-corrected chi connectivity index (χ1v) is 6.08. The van der Waals surface area contributed by atoms with Crippen molar-refractivity contribution in [3.63, 3.8) is 0 Å². The van der Waals surface area contributed by atoms with Gasteiger partial charge < -0.3 is 10.0 Å². The Bertz CT molecular complexity index is 293. The molecule has 1 heterocycles. The van der Waals surface area contributed by atoms with Gasteiger partial charge in [-0.2, -0.15) is 0 Å². The van der Waals surface area contributed by atoms with E-state index in [4.69, 9.17) is 5.11 Å². The number of carboxylic acids is 1. The molecule has 16 heavy (non-hydrogen) atoms. The molecule has 0 spiro atoms. The van der Waals surface area contributed by atoms with Gasteiger partial charge in [0, 0.05) is 25.4 Å². The van der Waals surface area contributed by atoms with Crippen LogP contribution in [0.15, 0.2) is 0 Å². The van der Waals surface area contributed by atoms with E-state index < -0.39 is 5.97 Å². The summed E-state index contributed by atoms with van der Waals surface area (Å²) in [6.07, 6.45) is 4.31. The zero-order valence-corrected chi connectivity index (χ0v) is 9.69. The summed E-state index contributed by atoms with van der Waals surface area (Å²) in [4.78, 5) is 24.3. The van der Waals surface area contributed by atoms with E-state index in [1.807, 2.05) is 4.90 Å². The van der Waals surface area contributed by atoms with Gasteiger partial charge in [0.1, 0.15) is 0 Å². The molecule has 0 radical (unpaired) electrons. The molecule has 0 aromatic heterocycles. The molecule has 0 aromatic carbocycles. The highest BCUT2D eigenvalue weighted by atomic mass is 16.4. The summed E-state index contributed by atoms with van der Waals surface area (Å²) in [6, 6.07) is 0. The van der Waals surface area contributed by atoms with E-state index in [-0.39, 0.29) is 17.7 Å². The number of hydrogen-bond donors (Lipinski definition) is 1. The van der Waals surface area contributed by atoms with Crippen molar-refractivity contribution in [1.29, 1.82) is 0 Å². The van der Waals surface area contributed by atoms with Gasteiger partial charge in [0.2, 0.25) is 5.91 Å². The van der Waals surface area contributed by atoms with Gasteiger partial charge in [-0.15, -0.1) is 0 Å². The fourth-order valence-corrected chi connectivity index (χ4v) is 2.31. The molecule has 1 N–H and O–H groups in total. The molecule has 1 aliphatic carbocycles. The van der Waals surface area contributed by atoms with Crippen molar-refractivity contribution in [1.82, 2.24) is 4.90 Å². The maximum Gasteiger partial charge on any atom is 0.306 e. The van der Waals surface area contributed by atoms with Gasteiger partial charge in [0.15, 0.2) is 0 Å². The number of rotatable bonds is 4. The second-order valence-electron chi connectivity index (χ2n) is 5.19. The fraction of sp³-hybridized carbons (Fsp3) is 0.833. The Balaban J connectivity index is 1.70. The second kappa shape index (κ2) is 4.44. The molecule has 4 nitrogen and oxygen atoms in total. The van der Waals surface area contributed by atoms with Gasteiger partial charge in [-0.05, 0) is 18.8 Å². The predicted octanol–water partition coefficient (Wildman–Crippen LogP) is 1.36. The summed E-state index contributed by atoms with van der Waals surface area (Å²) in [7, 11) is 0. The lowest BCUT2D eigenvalue weighted by atomic mass is 9.81. The maximum atomic E-state index is 11.7. The SMILES string of the molecule is CC(C(=O)O)C1CN(C(=O)CC2CCC2)C1. The normalized spacial score (nSPS) is 23.4. The Morgan fingerprint density at radius 2 is 2.00 bits per heavy atom. The molecule has 2 aliphatic rings. The van der Waals surface area contributed by atoms with Gasteiger partial charge >= 0.3 is 5.97 Å². The summed E-state index contributed by atoms with van der Waals surface area (Å²) >= 11 is 0. The van der Waals surface area contributed by atoms with Gasteiger partial charge in [0.05, 0.1) is 5.92 Å². The highest BCUT2D eigenvalue weighted by Gasteiger charge is 2.37. The van der Waals surface area contributed by atoms with Gasteiger partial charge in [-0.3, -0.25) is 9.59 Å². The van der Waals surface area contributed by atoms with E-state index in [1.165, 1.54) is 19.3 Å². The van der Waals surface area contributed by atoms with E-state index >= 15 is 0 Å². The molecule has 90 valence electrons. The van der Waals surface area contributed by atoms with Crippen LogP contribution in [0, 0.1) is 17.8 Å². The Morgan fingerprint density at radius 3 is 2.44 bits per heavy atom. The van der Waals surface area contributed by atoms with E-state index in [0.717, 1.165) is 0 Å². The molecule has 0 bridgehead atoms. The highest BCUT2D eigenvalue weighted by Crippen LogP contribution is 2.32. The first-order valence-electron chi connectivity index (χ1n) is 6.08. The van der Waals surface area contributed by atoms with Gasteiger partial charge in [-0.25, -0.2) is 0 Å². The number of nitrogens with zero attached hydrogens (tertiary/aromatic N) is 1. The zero-order chi connectivity index (χ0) is 11.7. The minimum Gasteiger partial charge on any atom is -0.481 e. The third-order valence-electron chi connectivity index (χ3n) is 4.05. The Morgan fingerprint density at radius 1 is 1.38 bits per heavy atom. The van der Waals surface area contributed by atoms with Crippen molar-refractivity contribution >= 4 is 11.9 Å². The summed E-state index contributed by atoms with van der Waals surface area (Å²) < 4.78 is 0. The third-order valence-corrected chi connectivity index (χ3v) is 4.05. The average Bonchev–Trinajstić information content (AvgIpc) is 2.08. The number of amides is 1. The first-order chi connectivity index (χ1) is 7.58. The second-order valence-corrected chi connectivity index (χ2v) is 5.19. The van der Waals surface area contributed by atoms with Crippen LogP contribution in [-0.2, 0) is 9.59 Å². The van der Waals surface area contributed by atoms with Crippen molar-refractivity contribution in [2.45, 2.75) is 32.6 Å². The van der Waals surface area contributed by atoms with Crippen molar-refractivity contribution in [2.24, 2.45) is 17.8 Å². The van der Waals surface area contributed by atoms with Crippen LogP contribution in [0.4, 0.5) is 0 Å². The summed E-state index contributed by atoms with van der Waals surface area (Å²) in [5.74, 6) is -0.103. The molecular formula is C12H19NO3. The van der Waals surface area contributed by atoms with Crippen LogP contribution in [0.5, 0.6) is 0 Å². The molecule has 1 saturated carbocycles. The highest BCUT2D eigenvalue weighted by molar-refractivity contribution is 5.78. The molecule has 1 aliphatic heterocycles. The molecule has 4 heteroatoms. The van der Waals surface area contributed by atoms with Crippen LogP contribution in [-0.4, -0.2) is 35.0 Å². The summed E-state index contributed by atoms with van der Waals surface area (Å²) in [6.45, 7) is 3.00. The molecule has 1 unspecified atom stereocenters. The van der Waals surface area contributed by atoms with E-state index in [0.29, 0.717) is 25.4 Å². The number of aliphatic carboxylic acids is 1. The van der Waals surface area contributed by atoms with E-state index in [9.17, 15) is 9.59 Å². The fourth-order valence-electron chi connectivity index (χ4n) is 2.31. The Labute approximate surface area is 95.6 Å². The lowest BCUT2D eigenvalue weighted by Gasteiger charge is -2.42. The van der Waals surface area contributed by atoms with E-state index in [1.54, 1.807) is 6.92 Å². The summed E-state index contributed by atoms with van der Waals surface area (Å²) in [5.41, 5.74) is 0. The summed E-state index contributed by atoms with van der Waals surface area (Å²) in [5, 5.41) is 8.83. The van der Waals surface area contributed by atoms with Crippen LogP contribution in [0.25, 0.3) is 0 Å². The largest absolute Gasteiger partial charge is 0.481 e. The minimum absolute atomic E-state index is 0.155. The number of carbonyl (C=O) groups is 2. The predicted molar refractivity (Wildman–Crippen MR) is 58.8 cm³/mol. The van der Waals surface area contributed by atoms with E-state index in [2.05, 4.69) is 0 Å². The molecular weight excluding hydrogens is 206 g/mol. The first kappa shape index (κ1) is 11.4. The molecule has 1 saturated heterocycles. The minimum atomic E-state index is -0.754. The maximum absolute atomic E-state index is 11.7. The standard InChI is InChI=1S/C12H19NO3/c1-8(12(15)16)10-6-13(7-10)11(14)5-9-3-2-4-9/h8-10H,2-7H2,1H3,(H,15,16). The van der Waals surface area contributed by atoms with Gasteiger partial charge in [-0.1, -0.05) is 13.3 Å². The van der Waals surface area contributed by atoms with Crippen LogP contribution < -0.4 is 0 Å². The van der Waals surface area contributed by atoms with Crippen LogP contribution in [0.1, 0.15) is 32.6 Å². The molecule has 0 aromatic rings. The van der Waals surface area contributed by atoms with Crippen LogP contribution in [0.3, 0.4) is 0 Å². The number of carboxylic acid groups (broad SMARTS) is 1. The average molecular weight is 225 g/mol. The van der Waals surface area contributed by atoms with Crippen molar-refractivity contribution in [3.8, 4) is 0 Å². The monoisotopic (exact) mass is 225 g/mol. The topological polar surface area (TPSA) is 57.6 Å². The third kappa shape index (κ3) is 2.20. The van der Waals surface area contributed by atoms with Crippen molar-refractivity contribution in [2.75, 3.05) is 13.1 Å². The molecule has 1 amide bonds. The lowest BCUT2D eigenvalue weighted by molar-refractivity contribution is -0.151. The number of carbonyl (C=O) groups excluding carboxylic acids is 1. The van der Waals surface area contributed by atoms with Crippen LogP contribution in [0.2, 0.25) is 0 Å². The lowest BCUT2D eigenvalue weighted by Crippen LogP contribution is -2.53. The Hall–Kier alpha value is -1.06. The number of likely N-dealkylation sites (tertiary alicyclic amines) is 1. The van der Waals surface area contributed by atoms with Crippen molar-refractivity contribution < 1.29 is 14.7 Å². The molecule has 2 fully saturated rings. The quantitative estimate of drug-likeness (QED) is 0.785. The number of hydrogen-bond acceptors (Lipinski definition) is 2. The van der Waals surface area contributed by atoms with Gasteiger partial charge in [0.25, 0.3) is 0 Å². The smallest absolute Gasteiger partial charge is 0.306 e. The molecule has 2 rings (SSSR count). The molecule has 1 atom stereocenters. The van der Waals surface area contributed by atoms with Crippen LogP contribution >= 0.6 is 0 Å². The Kier molecular flexibility index (Phi) is 3.17. The van der Waals surface area contributed by atoms with Crippen molar-refractivity contribution in [3.05, 3.63) is 0 Å². The zero-order valence-electron chi connectivity index (χ0n) is 9.69.